The second-order valence-corrected chi connectivity index (χ2v) is 19.7. The number of sulfonamides is 1. The molecule has 8 nitrogen and oxygen atoms in total. The van der Waals surface area contributed by atoms with Crippen LogP contribution in [0.1, 0.15) is 47.1 Å². The lowest BCUT2D eigenvalue weighted by Gasteiger charge is -2.37. The molecule has 258 valence electrons. The van der Waals surface area contributed by atoms with Gasteiger partial charge in [0.25, 0.3) is 24.2 Å². The van der Waals surface area contributed by atoms with Crippen LogP contribution in [0, 0.1) is 5.82 Å². The number of carbonyl (C=O) groups excluding carboxylic acids is 2. The smallest absolute Gasteiger partial charge is 0.339 e. The van der Waals surface area contributed by atoms with Gasteiger partial charge in [-0.15, -0.1) is 0 Å². The van der Waals surface area contributed by atoms with Crippen molar-refractivity contribution in [3.63, 3.8) is 0 Å². The van der Waals surface area contributed by atoms with Gasteiger partial charge in [0.15, 0.2) is 0 Å². The van der Waals surface area contributed by atoms with Crippen molar-refractivity contribution in [2.24, 2.45) is 0 Å². The minimum atomic E-state index is -4.13. The molecule has 2 N–H and O–H groups in total. The fraction of sp³-hybridized carbons (Fsp3) is 0.179. The predicted octanol–water partition coefficient (Wildman–Crippen LogP) is 9.29. The van der Waals surface area contributed by atoms with Gasteiger partial charge in [0.1, 0.15) is 18.2 Å². The summed E-state index contributed by atoms with van der Waals surface area (Å²) in [5.41, 5.74) is 3.45. The summed E-state index contributed by atoms with van der Waals surface area (Å²) >= 11 is 0. The quantitative estimate of drug-likeness (QED) is 0.104. The van der Waals surface area contributed by atoms with Crippen molar-refractivity contribution in [3.05, 3.63) is 144 Å². The zero-order chi connectivity index (χ0) is 36.1. The van der Waals surface area contributed by atoms with Gasteiger partial charge >= 0.3 is 5.97 Å². The van der Waals surface area contributed by atoms with E-state index in [0.29, 0.717) is 28.1 Å². The molecular formula is C39H39FN2O6SSi. The zero-order valence-corrected chi connectivity index (χ0v) is 30.3. The number of anilines is 2. The molecule has 0 heterocycles. The Labute approximate surface area is 293 Å². The first kappa shape index (κ1) is 36.0. The van der Waals surface area contributed by atoms with Crippen molar-refractivity contribution >= 4 is 41.6 Å². The largest absolute Gasteiger partial charge is 0.542 e. The number of hydrogen-bond donors (Lipinski definition) is 2. The third-order valence-corrected chi connectivity index (χ3v) is 14.3. The monoisotopic (exact) mass is 710 g/mol. The number of nitrogens with one attached hydrogen (secondary N) is 2. The van der Waals surface area contributed by atoms with Crippen LogP contribution in [0.2, 0.25) is 18.1 Å². The van der Waals surface area contributed by atoms with Gasteiger partial charge in [-0.1, -0.05) is 81.4 Å². The molecule has 0 aromatic heterocycles. The van der Waals surface area contributed by atoms with Crippen LogP contribution in [0.15, 0.2) is 126 Å². The molecule has 5 rings (SSSR count). The number of rotatable bonds is 11. The topological polar surface area (TPSA) is 111 Å². The van der Waals surface area contributed by atoms with E-state index in [0.717, 1.165) is 23.3 Å². The van der Waals surface area contributed by atoms with Gasteiger partial charge < -0.3 is 14.5 Å². The first-order valence-corrected chi connectivity index (χ1v) is 20.4. The van der Waals surface area contributed by atoms with Crippen molar-refractivity contribution < 1.29 is 31.6 Å². The predicted molar refractivity (Wildman–Crippen MR) is 197 cm³/mol. The Hall–Kier alpha value is -5.26. The summed E-state index contributed by atoms with van der Waals surface area (Å²) < 4.78 is 54.7. The van der Waals surface area contributed by atoms with Crippen molar-refractivity contribution in [2.45, 2.75) is 50.4 Å². The van der Waals surface area contributed by atoms with E-state index in [1.165, 1.54) is 18.2 Å². The van der Waals surface area contributed by atoms with E-state index in [-0.39, 0.29) is 22.2 Å². The molecule has 0 aliphatic carbocycles. The maximum Gasteiger partial charge on any atom is 0.339 e. The Balaban J connectivity index is 1.36. The van der Waals surface area contributed by atoms with E-state index in [9.17, 15) is 22.4 Å². The summed E-state index contributed by atoms with van der Waals surface area (Å²) in [6.45, 7) is 10.4. The van der Waals surface area contributed by atoms with E-state index in [2.05, 4.69) is 30.8 Å². The second kappa shape index (κ2) is 14.7. The summed E-state index contributed by atoms with van der Waals surface area (Å²) in [5, 5.41) is 2.65. The van der Waals surface area contributed by atoms with Gasteiger partial charge in [-0.3, -0.25) is 9.52 Å². The van der Waals surface area contributed by atoms with Gasteiger partial charge in [0.05, 0.1) is 16.1 Å². The molecule has 0 aliphatic heterocycles. The van der Waals surface area contributed by atoms with Crippen molar-refractivity contribution in [1.29, 1.82) is 0 Å². The number of benzene rings is 5. The molecule has 0 aliphatic rings. The molecule has 0 unspecified atom stereocenters. The highest BCUT2D eigenvalue weighted by Gasteiger charge is 2.39. The minimum absolute atomic E-state index is 0.127. The molecule has 0 atom stereocenters. The summed E-state index contributed by atoms with van der Waals surface area (Å²) in [4.78, 5) is 26.2. The first-order chi connectivity index (χ1) is 23.6. The Morgan fingerprint density at radius 1 is 0.800 bits per heavy atom. The lowest BCUT2D eigenvalue weighted by atomic mass is 9.98. The highest BCUT2D eigenvalue weighted by atomic mass is 32.2. The van der Waals surface area contributed by atoms with Crippen LogP contribution in [0.25, 0.3) is 11.1 Å². The zero-order valence-electron chi connectivity index (χ0n) is 28.5. The third kappa shape index (κ3) is 8.66. The highest BCUT2D eigenvalue weighted by Crippen LogP contribution is 2.40. The molecular weight excluding hydrogens is 672 g/mol. The molecule has 11 heteroatoms. The summed E-state index contributed by atoms with van der Waals surface area (Å²) in [5.74, 6) is -1.14. The standard InChI is InChI=1S/C39H39FN2O6SSi/c1-39(2,3)50(4,5)48-36-24-21-31(25-35(36)42-49(45,46)32-22-19-30(40)20-23-32)41-37(43)29-17-15-28(16-18-29)33-13-9-10-14-34(33)38(44)47-26-27-11-7-6-8-12-27/h6-25,42H,26H2,1-5H3,(H,41,43). The maximum absolute atomic E-state index is 13.5. The van der Waals surface area contributed by atoms with Crippen LogP contribution in [-0.2, 0) is 21.4 Å². The number of hydrogen-bond acceptors (Lipinski definition) is 6. The van der Waals surface area contributed by atoms with Crippen LogP contribution in [0.4, 0.5) is 15.8 Å². The Morgan fingerprint density at radius 3 is 2.10 bits per heavy atom. The Bertz CT molecular complexity index is 2100. The first-order valence-electron chi connectivity index (χ1n) is 16.0. The average molecular weight is 711 g/mol. The summed E-state index contributed by atoms with van der Waals surface area (Å²) in [7, 11) is -6.53. The normalized spacial score (nSPS) is 11.8. The van der Waals surface area contributed by atoms with Gasteiger partial charge in [0, 0.05) is 11.3 Å². The minimum Gasteiger partial charge on any atom is -0.542 e. The van der Waals surface area contributed by atoms with E-state index < -0.39 is 36.0 Å². The van der Waals surface area contributed by atoms with E-state index in [1.54, 1.807) is 48.5 Å². The molecule has 0 fully saturated rings. The van der Waals surface area contributed by atoms with Crippen molar-refractivity contribution in [2.75, 3.05) is 10.0 Å². The molecule has 0 saturated carbocycles. The molecule has 5 aromatic rings. The molecule has 50 heavy (non-hydrogen) atoms. The fourth-order valence-electron chi connectivity index (χ4n) is 4.74. The van der Waals surface area contributed by atoms with Gasteiger partial charge in [-0.25, -0.2) is 17.6 Å². The van der Waals surface area contributed by atoms with Crippen LogP contribution in [0.3, 0.4) is 0 Å². The van der Waals surface area contributed by atoms with E-state index in [1.807, 2.05) is 55.6 Å². The molecule has 0 spiro atoms. The fourth-order valence-corrected chi connectivity index (χ4v) is 6.84. The average Bonchev–Trinajstić information content (AvgIpc) is 3.08. The van der Waals surface area contributed by atoms with Crippen LogP contribution >= 0.6 is 0 Å². The van der Waals surface area contributed by atoms with Crippen LogP contribution in [0.5, 0.6) is 5.75 Å². The molecule has 1 amide bonds. The van der Waals surface area contributed by atoms with Gasteiger partial charge in [0.2, 0.25) is 0 Å². The Morgan fingerprint density at radius 2 is 1.44 bits per heavy atom. The third-order valence-electron chi connectivity index (χ3n) is 8.59. The molecule has 0 bridgehead atoms. The van der Waals surface area contributed by atoms with E-state index in [4.69, 9.17) is 9.16 Å². The van der Waals surface area contributed by atoms with Gasteiger partial charge in [-0.2, -0.15) is 0 Å². The van der Waals surface area contributed by atoms with Crippen LogP contribution in [-0.4, -0.2) is 28.6 Å². The van der Waals surface area contributed by atoms with Gasteiger partial charge in [-0.05, 0) is 95.5 Å². The molecule has 0 saturated heterocycles. The van der Waals surface area contributed by atoms with Crippen molar-refractivity contribution in [1.82, 2.24) is 0 Å². The lowest BCUT2D eigenvalue weighted by Crippen LogP contribution is -2.44. The second-order valence-electron chi connectivity index (χ2n) is 13.3. The summed E-state index contributed by atoms with van der Waals surface area (Å²) in [6.07, 6.45) is 0. The number of carbonyl (C=O) groups is 2. The summed E-state index contributed by atoms with van der Waals surface area (Å²) in [6, 6.07) is 32.5. The van der Waals surface area contributed by atoms with E-state index >= 15 is 0 Å². The SMILES string of the molecule is CC(C)(C)[Si](C)(C)Oc1ccc(NC(=O)c2ccc(-c3ccccc3C(=O)OCc3ccccc3)cc2)cc1NS(=O)(=O)c1ccc(F)cc1. The number of halogens is 1. The molecule has 5 aromatic carbocycles. The lowest BCUT2D eigenvalue weighted by molar-refractivity contribution is 0.0473. The highest BCUT2D eigenvalue weighted by molar-refractivity contribution is 7.92. The number of ether oxygens (including phenoxy) is 1. The maximum atomic E-state index is 13.5. The van der Waals surface area contributed by atoms with Crippen LogP contribution < -0.4 is 14.5 Å². The Kier molecular flexibility index (Phi) is 10.6. The molecule has 0 radical (unpaired) electrons. The number of esters is 1. The van der Waals surface area contributed by atoms with Crippen molar-refractivity contribution in [3.8, 4) is 16.9 Å². The number of amides is 1.